The second-order valence-corrected chi connectivity index (χ2v) is 5.26. The number of aryl methyl sites for hydroxylation is 1. The molecule has 4 heteroatoms. The van der Waals surface area contributed by atoms with Crippen LogP contribution >= 0.6 is 11.6 Å². The molecule has 2 aromatic rings. The molecule has 1 heterocycles. The van der Waals surface area contributed by atoms with Gasteiger partial charge in [0.05, 0.1) is 16.7 Å². The van der Waals surface area contributed by atoms with Crippen molar-refractivity contribution in [1.82, 2.24) is 4.57 Å². The molecule has 0 aliphatic heterocycles. The van der Waals surface area contributed by atoms with E-state index in [1.807, 2.05) is 0 Å². The lowest BCUT2D eigenvalue weighted by Crippen LogP contribution is -2.19. The van der Waals surface area contributed by atoms with Gasteiger partial charge in [0, 0.05) is 11.1 Å². The normalized spacial score (nSPS) is 16.2. The Kier molecular flexibility index (Phi) is 2.83. The van der Waals surface area contributed by atoms with Gasteiger partial charge >= 0.3 is 0 Å². The molecule has 18 heavy (non-hydrogen) atoms. The molecule has 2 N–H and O–H groups in total. The Hall–Kier alpha value is -1.06. The molecule has 0 saturated heterocycles. The third-order valence-corrected chi connectivity index (χ3v) is 4.23. The molecule has 1 aromatic carbocycles. The molecular weight excluding hydrogens is 251 g/mol. The fourth-order valence-electron chi connectivity index (χ4n) is 3.00. The van der Waals surface area contributed by atoms with Gasteiger partial charge in [-0.25, -0.2) is 4.39 Å². The van der Waals surface area contributed by atoms with Gasteiger partial charge in [-0.05, 0) is 43.4 Å². The Balaban J connectivity index is 2.40. The number of nitrogens with zero attached hydrogens (tertiary/aromatic N) is 1. The number of hydrogen-bond donors (Lipinski definition) is 1. The van der Waals surface area contributed by atoms with Crippen LogP contribution in [0.3, 0.4) is 0 Å². The zero-order chi connectivity index (χ0) is 12.9. The molecule has 0 fully saturated rings. The molecule has 0 saturated carbocycles. The summed E-state index contributed by atoms with van der Waals surface area (Å²) >= 11 is 6.14. The van der Waals surface area contributed by atoms with Crippen LogP contribution in [0.25, 0.3) is 10.9 Å². The van der Waals surface area contributed by atoms with Crippen molar-refractivity contribution < 1.29 is 4.39 Å². The maximum Gasteiger partial charge on any atom is 0.142 e. The second-order valence-electron chi connectivity index (χ2n) is 4.88. The van der Waals surface area contributed by atoms with Gasteiger partial charge in [0.1, 0.15) is 5.82 Å². The number of rotatable bonds is 2. The molecule has 1 atom stereocenters. The molecule has 1 unspecified atom stereocenters. The highest BCUT2D eigenvalue weighted by Gasteiger charge is 2.25. The zero-order valence-corrected chi connectivity index (χ0v) is 11.1. The van der Waals surface area contributed by atoms with Crippen LogP contribution in [0.15, 0.2) is 12.1 Å². The van der Waals surface area contributed by atoms with E-state index in [0.717, 1.165) is 36.6 Å². The minimum atomic E-state index is -0.346. The summed E-state index contributed by atoms with van der Waals surface area (Å²) in [5.74, 6) is -0.346. The van der Waals surface area contributed by atoms with E-state index in [0.29, 0.717) is 0 Å². The highest BCUT2D eigenvalue weighted by Crippen LogP contribution is 2.39. The van der Waals surface area contributed by atoms with E-state index < -0.39 is 0 Å². The van der Waals surface area contributed by atoms with Crippen molar-refractivity contribution in [1.29, 1.82) is 0 Å². The van der Waals surface area contributed by atoms with E-state index in [-0.39, 0.29) is 17.0 Å². The van der Waals surface area contributed by atoms with Gasteiger partial charge < -0.3 is 10.3 Å². The number of nitrogens with two attached hydrogens (primary N) is 1. The van der Waals surface area contributed by atoms with Crippen LogP contribution in [-0.4, -0.2) is 4.57 Å². The number of benzene rings is 1. The van der Waals surface area contributed by atoms with Crippen LogP contribution in [0.1, 0.15) is 37.2 Å². The van der Waals surface area contributed by atoms with Crippen LogP contribution in [0, 0.1) is 5.82 Å². The fourth-order valence-corrected chi connectivity index (χ4v) is 3.27. The highest BCUT2D eigenvalue weighted by molar-refractivity contribution is 6.36. The van der Waals surface area contributed by atoms with Gasteiger partial charge in [-0.15, -0.1) is 0 Å². The second kappa shape index (κ2) is 4.25. The first-order chi connectivity index (χ1) is 8.65. The Bertz CT molecular complexity index is 618. The van der Waals surface area contributed by atoms with Crippen molar-refractivity contribution in [3.63, 3.8) is 0 Å². The molecule has 0 amide bonds. The lowest BCUT2D eigenvalue weighted by atomic mass is 10.1. The van der Waals surface area contributed by atoms with Gasteiger partial charge in [-0.1, -0.05) is 18.5 Å². The minimum Gasteiger partial charge on any atom is -0.328 e. The molecule has 0 bridgehead atoms. The minimum absolute atomic E-state index is 0.0594. The summed E-state index contributed by atoms with van der Waals surface area (Å²) in [7, 11) is 0. The predicted molar refractivity (Wildman–Crippen MR) is 72.4 cm³/mol. The van der Waals surface area contributed by atoms with Crippen molar-refractivity contribution in [2.45, 2.75) is 38.8 Å². The third kappa shape index (κ3) is 1.50. The zero-order valence-electron chi connectivity index (χ0n) is 10.3. The lowest BCUT2D eigenvalue weighted by molar-refractivity contribution is 0.506. The van der Waals surface area contributed by atoms with Crippen LogP contribution in [0.5, 0.6) is 0 Å². The van der Waals surface area contributed by atoms with Gasteiger partial charge in [0.15, 0.2) is 0 Å². The number of halogens is 2. The SMILES string of the molecule is CCC(N)n1c2c(c3c(Cl)c(F)ccc31)CCC2. The van der Waals surface area contributed by atoms with Crippen molar-refractivity contribution >= 4 is 22.5 Å². The first kappa shape index (κ1) is 12.0. The smallest absolute Gasteiger partial charge is 0.142 e. The van der Waals surface area contributed by atoms with E-state index in [4.69, 9.17) is 17.3 Å². The molecule has 3 rings (SSSR count). The van der Waals surface area contributed by atoms with Gasteiger partial charge in [0.2, 0.25) is 0 Å². The fraction of sp³-hybridized carbons (Fsp3) is 0.429. The van der Waals surface area contributed by atoms with Crippen LogP contribution in [0.2, 0.25) is 5.02 Å². The summed E-state index contributed by atoms with van der Waals surface area (Å²) in [5.41, 5.74) is 9.60. The van der Waals surface area contributed by atoms with Crippen molar-refractivity contribution in [2.75, 3.05) is 0 Å². The first-order valence-electron chi connectivity index (χ1n) is 6.40. The van der Waals surface area contributed by atoms with Crippen LogP contribution in [0.4, 0.5) is 4.39 Å². The van der Waals surface area contributed by atoms with Crippen molar-refractivity contribution in [3.8, 4) is 0 Å². The lowest BCUT2D eigenvalue weighted by Gasteiger charge is -2.16. The quantitative estimate of drug-likeness (QED) is 0.881. The summed E-state index contributed by atoms with van der Waals surface area (Å²) in [6.07, 6.45) is 3.87. The standard InChI is InChI=1S/C14H16ClFN2/c1-2-12(17)18-10-5-3-4-8(10)13-11(18)7-6-9(16)14(13)15/h6-7,12H,2-5,17H2,1H3. The highest BCUT2D eigenvalue weighted by atomic mass is 35.5. The average molecular weight is 267 g/mol. The van der Waals surface area contributed by atoms with Crippen molar-refractivity contribution in [2.24, 2.45) is 5.73 Å². The molecule has 0 spiro atoms. The number of aromatic nitrogens is 1. The van der Waals surface area contributed by atoms with E-state index in [1.54, 1.807) is 6.07 Å². The molecule has 1 aliphatic rings. The maximum atomic E-state index is 13.6. The Morgan fingerprint density at radius 1 is 1.44 bits per heavy atom. The molecule has 1 aromatic heterocycles. The van der Waals surface area contributed by atoms with Gasteiger partial charge in [-0.3, -0.25) is 0 Å². The van der Waals surface area contributed by atoms with Gasteiger partial charge in [-0.2, -0.15) is 0 Å². The van der Waals surface area contributed by atoms with E-state index in [9.17, 15) is 4.39 Å². The third-order valence-electron chi connectivity index (χ3n) is 3.86. The number of fused-ring (bicyclic) bond motifs is 3. The molecule has 2 nitrogen and oxygen atoms in total. The van der Waals surface area contributed by atoms with E-state index in [1.165, 1.54) is 17.3 Å². The molecule has 1 aliphatic carbocycles. The van der Waals surface area contributed by atoms with Crippen LogP contribution in [-0.2, 0) is 12.8 Å². The summed E-state index contributed by atoms with van der Waals surface area (Å²) in [6, 6.07) is 3.23. The van der Waals surface area contributed by atoms with Crippen LogP contribution < -0.4 is 5.73 Å². The molecule has 0 radical (unpaired) electrons. The average Bonchev–Trinajstić information content (AvgIpc) is 2.92. The van der Waals surface area contributed by atoms with Gasteiger partial charge in [0.25, 0.3) is 0 Å². The Morgan fingerprint density at radius 3 is 2.94 bits per heavy atom. The van der Waals surface area contributed by atoms with E-state index in [2.05, 4.69) is 11.5 Å². The maximum absolute atomic E-state index is 13.6. The molecular formula is C14H16ClFN2. The first-order valence-corrected chi connectivity index (χ1v) is 6.78. The summed E-state index contributed by atoms with van der Waals surface area (Å²) in [6.45, 7) is 2.06. The topological polar surface area (TPSA) is 30.9 Å². The monoisotopic (exact) mass is 266 g/mol. The summed E-state index contributed by atoms with van der Waals surface area (Å²) < 4.78 is 15.8. The number of hydrogen-bond acceptors (Lipinski definition) is 1. The Labute approximate surface area is 111 Å². The largest absolute Gasteiger partial charge is 0.328 e. The van der Waals surface area contributed by atoms with Crippen molar-refractivity contribution in [3.05, 3.63) is 34.2 Å². The Morgan fingerprint density at radius 2 is 2.22 bits per heavy atom. The summed E-state index contributed by atoms with van der Waals surface area (Å²) in [4.78, 5) is 0. The van der Waals surface area contributed by atoms with E-state index >= 15 is 0 Å². The summed E-state index contributed by atoms with van der Waals surface area (Å²) in [5, 5.41) is 1.11. The predicted octanol–water partition coefficient (Wildman–Crippen LogP) is 3.79. The molecule has 96 valence electrons.